The molecule has 4 nitrogen and oxygen atoms in total. The molecule has 4 aliphatic heterocycles. The van der Waals surface area contributed by atoms with Crippen molar-refractivity contribution < 1.29 is 4.79 Å². The van der Waals surface area contributed by atoms with Crippen LogP contribution in [0.4, 0.5) is 0 Å². The lowest BCUT2D eigenvalue weighted by molar-refractivity contribution is 0.0216. The van der Waals surface area contributed by atoms with E-state index in [9.17, 15) is 4.79 Å². The Bertz CT molecular complexity index is 611. The number of hydrogen-bond acceptors (Lipinski definition) is 4. The van der Waals surface area contributed by atoms with E-state index in [2.05, 4.69) is 25.5 Å². The van der Waals surface area contributed by atoms with Gasteiger partial charge in [0.15, 0.2) is 0 Å². The van der Waals surface area contributed by atoms with Gasteiger partial charge >= 0.3 is 0 Å². The Morgan fingerprint density at radius 3 is 3.05 bits per heavy atom. The van der Waals surface area contributed by atoms with Crippen molar-refractivity contribution in [3.8, 4) is 0 Å². The van der Waals surface area contributed by atoms with E-state index >= 15 is 0 Å². The molecule has 5 rings (SSSR count). The van der Waals surface area contributed by atoms with Crippen molar-refractivity contribution in [2.45, 2.75) is 36.7 Å². The normalized spacial score (nSPS) is 33.4. The van der Waals surface area contributed by atoms with Crippen LogP contribution in [-0.4, -0.2) is 44.3 Å². The number of halogens is 1. The van der Waals surface area contributed by atoms with Crippen molar-refractivity contribution >= 4 is 41.7 Å². The van der Waals surface area contributed by atoms with E-state index in [4.69, 9.17) is 0 Å². The molecule has 0 aromatic carbocycles. The SMILES string of the molecule is C[C@H]1[C@H](NC(=O)c2cc3c(cn2)SC=I3)C2CCN1CC2. The first kappa shape index (κ1) is 14.1. The van der Waals surface area contributed by atoms with Gasteiger partial charge in [0.2, 0.25) is 0 Å². The lowest BCUT2D eigenvalue weighted by Gasteiger charge is -2.49. The molecule has 2 bridgehead atoms. The van der Waals surface area contributed by atoms with Gasteiger partial charge in [-0.3, -0.25) is 9.69 Å². The molecule has 4 aliphatic rings. The van der Waals surface area contributed by atoms with E-state index in [-0.39, 0.29) is 32.7 Å². The molecule has 1 aromatic heterocycles. The summed E-state index contributed by atoms with van der Waals surface area (Å²) in [5, 5.41) is 3.26. The Morgan fingerprint density at radius 1 is 1.48 bits per heavy atom. The lowest BCUT2D eigenvalue weighted by atomic mass is 9.79. The maximum absolute atomic E-state index is 12.5. The number of aromatic nitrogens is 1. The number of fused-ring (bicyclic) bond motifs is 4. The minimum Gasteiger partial charge on any atom is -0.346 e. The second-order valence-corrected chi connectivity index (χ2v) is 10.1. The number of pyridine rings is 1. The Labute approximate surface area is 138 Å². The standard InChI is InChI=1S/C15H18IN3OS/c1-9-14(10-2-4-19(9)5-3-10)18-15(20)12-6-11-13(7-17-12)21-8-16-11/h6-10,14H,2-5H2,1H3,(H,18,20)/t9-,14-/m0/s1. The molecule has 5 heterocycles. The number of piperidine rings is 3. The van der Waals surface area contributed by atoms with Gasteiger partial charge in [-0.05, 0) is 44.8 Å². The maximum atomic E-state index is 12.5. The van der Waals surface area contributed by atoms with Crippen LogP contribution in [0.15, 0.2) is 17.2 Å². The Hall–Kier alpha value is -0.470. The Morgan fingerprint density at radius 2 is 2.29 bits per heavy atom. The largest absolute Gasteiger partial charge is 0.346 e. The van der Waals surface area contributed by atoms with E-state index in [0.717, 1.165) is 0 Å². The summed E-state index contributed by atoms with van der Waals surface area (Å²) in [7, 11) is 0. The van der Waals surface area contributed by atoms with Gasteiger partial charge in [0, 0.05) is 30.1 Å². The first-order valence-electron chi connectivity index (χ1n) is 7.39. The molecular formula is C15H18IN3OS. The highest BCUT2D eigenvalue weighted by molar-refractivity contribution is 14.2. The van der Waals surface area contributed by atoms with Crippen LogP contribution in [-0.2, 0) is 0 Å². The van der Waals surface area contributed by atoms with Crippen molar-refractivity contribution in [1.82, 2.24) is 15.2 Å². The van der Waals surface area contributed by atoms with Gasteiger partial charge in [-0.2, -0.15) is 0 Å². The zero-order chi connectivity index (χ0) is 14.4. The molecule has 1 amide bonds. The molecule has 112 valence electrons. The third kappa shape index (κ3) is 2.55. The predicted octanol–water partition coefficient (Wildman–Crippen LogP) is 2.30. The van der Waals surface area contributed by atoms with Crippen molar-refractivity contribution in [2.75, 3.05) is 13.1 Å². The van der Waals surface area contributed by atoms with Crippen molar-refractivity contribution in [1.29, 1.82) is 0 Å². The van der Waals surface area contributed by atoms with Crippen LogP contribution in [0.3, 0.4) is 0 Å². The predicted molar refractivity (Wildman–Crippen MR) is 93.9 cm³/mol. The highest BCUT2D eigenvalue weighted by Crippen LogP contribution is 2.34. The van der Waals surface area contributed by atoms with Gasteiger partial charge in [0.25, 0.3) is 5.91 Å². The monoisotopic (exact) mass is 415 g/mol. The molecule has 1 N–H and O–H groups in total. The van der Waals surface area contributed by atoms with E-state index in [0.29, 0.717) is 17.7 Å². The third-order valence-corrected chi connectivity index (χ3v) is 9.07. The van der Waals surface area contributed by atoms with Gasteiger partial charge in [0.1, 0.15) is 5.69 Å². The number of carbonyl (C=O) groups excluding carboxylic acids is 1. The van der Waals surface area contributed by atoms with Gasteiger partial charge in [-0.1, -0.05) is 32.5 Å². The van der Waals surface area contributed by atoms with E-state index in [1.807, 2.05) is 12.3 Å². The number of hydrogen-bond donors (Lipinski definition) is 1. The molecular weight excluding hydrogens is 397 g/mol. The highest BCUT2D eigenvalue weighted by atomic mass is 127. The smallest absolute Gasteiger partial charge is 0.270 e. The number of amides is 1. The number of carbonyl (C=O) groups is 1. The molecule has 3 fully saturated rings. The van der Waals surface area contributed by atoms with Crippen LogP contribution in [0.2, 0.25) is 0 Å². The second kappa shape index (κ2) is 5.62. The first-order chi connectivity index (χ1) is 10.2. The van der Waals surface area contributed by atoms with Crippen LogP contribution in [0, 0.1) is 9.49 Å². The molecule has 0 unspecified atom stereocenters. The number of nitrogens with zero attached hydrogens (tertiary/aromatic N) is 2. The average molecular weight is 415 g/mol. The van der Waals surface area contributed by atoms with Gasteiger partial charge in [-0.25, -0.2) is 4.98 Å². The van der Waals surface area contributed by atoms with E-state index in [1.165, 1.54) is 34.4 Å². The summed E-state index contributed by atoms with van der Waals surface area (Å²) in [6, 6.07) is 2.73. The Balaban J connectivity index is 1.52. The first-order valence-corrected chi connectivity index (χ1v) is 10.6. The van der Waals surface area contributed by atoms with Crippen LogP contribution in [0.5, 0.6) is 0 Å². The van der Waals surface area contributed by atoms with Crippen LogP contribution in [0.25, 0.3) is 0 Å². The molecule has 0 radical (unpaired) electrons. The summed E-state index contributed by atoms with van der Waals surface area (Å²) in [6.45, 7) is 4.61. The van der Waals surface area contributed by atoms with Crippen LogP contribution >= 0.6 is 32.5 Å². The number of rotatable bonds is 2. The summed E-state index contributed by atoms with van der Waals surface area (Å²) in [5.74, 6) is 0.643. The van der Waals surface area contributed by atoms with Crippen LogP contribution < -0.4 is 5.32 Å². The summed E-state index contributed by atoms with van der Waals surface area (Å²) >= 11 is 1.71. The Kier molecular flexibility index (Phi) is 3.79. The molecule has 2 atom stereocenters. The summed E-state index contributed by atoms with van der Waals surface area (Å²) in [4.78, 5) is 20.6. The van der Waals surface area contributed by atoms with Crippen LogP contribution in [0.1, 0.15) is 30.3 Å². The minimum absolute atomic E-state index is 0.00399. The zero-order valence-electron chi connectivity index (χ0n) is 11.9. The minimum atomic E-state index is -0.0450. The summed E-state index contributed by atoms with van der Waals surface area (Å²) in [5.41, 5.74) is 0.591. The average Bonchev–Trinajstić information content (AvgIpc) is 2.98. The molecule has 0 spiro atoms. The second-order valence-electron chi connectivity index (χ2n) is 5.93. The van der Waals surface area contributed by atoms with Gasteiger partial charge < -0.3 is 5.32 Å². The molecule has 0 saturated carbocycles. The lowest BCUT2D eigenvalue weighted by Crippen LogP contribution is -2.62. The zero-order valence-corrected chi connectivity index (χ0v) is 14.9. The fourth-order valence-electron chi connectivity index (χ4n) is 3.60. The number of thioether (sulfide) groups is 1. The van der Waals surface area contributed by atoms with E-state index < -0.39 is 0 Å². The molecule has 6 heteroatoms. The topological polar surface area (TPSA) is 45.2 Å². The fraction of sp³-hybridized carbons (Fsp3) is 0.533. The van der Waals surface area contributed by atoms with Gasteiger partial charge in [0.05, 0.1) is 0 Å². The third-order valence-electron chi connectivity index (χ3n) is 4.86. The highest BCUT2D eigenvalue weighted by Gasteiger charge is 2.40. The molecule has 3 saturated heterocycles. The van der Waals surface area contributed by atoms with Gasteiger partial charge in [-0.15, -0.1) is 0 Å². The van der Waals surface area contributed by atoms with Crippen molar-refractivity contribution in [3.05, 3.63) is 21.5 Å². The molecule has 1 aromatic rings. The van der Waals surface area contributed by atoms with Crippen molar-refractivity contribution in [2.24, 2.45) is 5.92 Å². The summed E-state index contributed by atoms with van der Waals surface area (Å²) in [6.07, 6.45) is 4.28. The molecule has 0 aliphatic carbocycles. The number of nitrogens with one attached hydrogen (secondary N) is 1. The van der Waals surface area contributed by atoms with E-state index in [1.54, 1.807) is 11.8 Å². The fourth-order valence-corrected chi connectivity index (χ4v) is 7.75. The van der Waals surface area contributed by atoms with Crippen molar-refractivity contribution in [3.63, 3.8) is 0 Å². The molecule has 21 heavy (non-hydrogen) atoms. The summed E-state index contributed by atoms with van der Waals surface area (Å²) < 4.78 is 3.60. The maximum Gasteiger partial charge on any atom is 0.270 e. The quantitative estimate of drug-likeness (QED) is 0.754.